The van der Waals surface area contributed by atoms with Gasteiger partial charge in [-0.15, -0.1) is 0 Å². The van der Waals surface area contributed by atoms with Crippen LogP contribution in [-0.4, -0.2) is 47.4 Å². The van der Waals surface area contributed by atoms with Gasteiger partial charge in [-0.25, -0.2) is 0 Å². The fraction of sp³-hybridized carbons (Fsp3) is 0.906. The number of aliphatic hydroxyl groups is 2. The standard InChI is InChI=1S/C64H123NO5/c1-3-5-7-9-11-13-15-17-19-20-22-25-29-32-36-40-44-48-52-56-62(67)61(60-66)65-63(68)57-53-49-45-41-37-33-30-26-23-21-24-27-31-35-39-43-47-51-55-59-70-64(69)58-54-50-46-42-38-34-28-18-16-14-12-10-8-6-4-2/h18,21,23,28,61-62,66-67H,3-17,19-20,22,24-27,29-60H2,1-2H3,(H,65,68)/b23-21-,28-18-. The Kier molecular flexibility index (Phi) is 58.5. The lowest BCUT2D eigenvalue weighted by Crippen LogP contribution is -2.45. The Balaban J connectivity index is 3.44. The average Bonchev–Trinajstić information content (AvgIpc) is 3.36. The number of carbonyl (C=O) groups excluding carboxylic acids is 2. The Bertz CT molecular complexity index is 1090. The van der Waals surface area contributed by atoms with Crippen molar-refractivity contribution in [3.8, 4) is 0 Å². The molecule has 70 heavy (non-hydrogen) atoms. The number of ether oxygens (including phenoxy) is 1. The number of esters is 1. The van der Waals surface area contributed by atoms with E-state index >= 15 is 0 Å². The summed E-state index contributed by atoms with van der Waals surface area (Å²) < 4.78 is 5.48. The van der Waals surface area contributed by atoms with Gasteiger partial charge in [-0.2, -0.15) is 0 Å². The highest BCUT2D eigenvalue weighted by atomic mass is 16.5. The summed E-state index contributed by atoms with van der Waals surface area (Å²) in [7, 11) is 0. The second kappa shape index (κ2) is 59.9. The number of unbranched alkanes of at least 4 members (excludes halogenated alkanes) is 44. The number of nitrogens with one attached hydrogen (secondary N) is 1. The molecule has 6 nitrogen and oxygen atoms in total. The summed E-state index contributed by atoms with van der Waals surface area (Å²) in [5.74, 6) is -0.0452. The van der Waals surface area contributed by atoms with Crippen molar-refractivity contribution in [1.29, 1.82) is 0 Å². The monoisotopic (exact) mass is 986 g/mol. The van der Waals surface area contributed by atoms with E-state index in [2.05, 4.69) is 43.5 Å². The van der Waals surface area contributed by atoms with E-state index in [0.717, 1.165) is 44.9 Å². The van der Waals surface area contributed by atoms with E-state index in [1.807, 2.05) is 0 Å². The van der Waals surface area contributed by atoms with E-state index in [0.29, 0.717) is 25.9 Å². The van der Waals surface area contributed by atoms with Crippen molar-refractivity contribution in [2.45, 2.75) is 360 Å². The van der Waals surface area contributed by atoms with Crippen LogP contribution in [0.3, 0.4) is 0 Å². The number of hydrogen-bond donors (Lipinski definition) is 3. The number of hydrogen-bond acceptors (Lipinski definition) is 5. The van der Waals surface area contributed by atoms with Crippen molar-refractivity contribution in [1.82, 2.24) is 5.32 Å². The Hall–Kier alpha value is -1.66. The topological polar surface area (TPSA) is 95.9 Å². The normalized spacial score (nSPS) is 12.7. The maximum absolute atomic E-state index is 12.5. The maximum Gasteiger partial charge on any atom is 0.305 e. The largest absolute Gasteiger partial charge is 0.466 e. The molecule has 0 aliphatic heterocycles. The van der Waals surface area contributed by atoms with Crippen molar-refractivity contribution in [3.63, 3.8) is 0 Å². The molecule has 0 heterocycles. The fourth-order valence-electron chi connectivity index (χ4n) is 9.87. The Labute approximate surface area is 437 Å². The van der Waals surface area contributed by atoms with Crippen molar-refractivity contribution >= 4 is 11.9 Å². The van der Waals surface area contributed by atoms with E-state index in [9.17, 15) is 19.8 Å². The first-order valence-corrected chi connectivity index (χ1v) is 31.6. The zero-order chi connectivity index (χ0) is 50.7. The molecule has 2 unspecified atom stereocenters. The zero-order valence-electron chi connectivity index (χ0n) is 47.3. The molecule has 0 aromatic rings. The van der Waals surface area contributed by atoms with E-state index in [1.54, 1.807) is 0 Å². The van der Waals surface area contributed by atoms with Crippen LogP contribution < -0.4 is 5.32 Å². The third-order valence-corrected chi connectivity index (χ3v) is 14.7. The third kappa shape index (κ3) is 55.7. The lowest BCUT2D eigenvalue weighted by Gasteiger charge is -2.22. The summed E-state index contributed by atoms with van der Waals surface area (Å²) in [6.45, 7) is 4.96. The Morgan fingerprint density at radius 3 is 1.01 bits per heavy atom. The van der Waals surface area contributed by atoms with Crippen molar-refractivity contribution in [2.75, 3.05) is 13.2 Å². The molecule has 6 heteroatoms. The van der Waals surface area contributed by atoms with Crippen LogP contribution in [0.15, 0.2) is 24.3 Å². The summed E-state index contributed by atoms with van der Waals surface area (Å²) in [5.41, 5.74) is 0. The molecule has 0 aliphatic carbocycles. The van der Waals surface area contributed by atoms with E-state index in [1.165, 1.54) is 270 Å². The van der Waals surface area contributed by atoms with Crippen molar-refractivity contribution in [2.24, 2.45) is 0 Å². The summed E-state index contributed by atoms with van der Waals surface area (Å²) in [4.78, 5) is 24.6. The molecule has 0 saturated heterocycles. The second-order valence-corrected chi connectivity index (χ2v) is 21.7. The Morgan fingerprint density at radius 2 is 0.671 bits per heavy atom. The first-order chi connectivity index (χ1) is 34.5. The van der Waals surface area contributed by atoms with Gasteiger partial charge in [0.2, 0.25) is 5.91 Å². The minimum Gasteiger partial charge on any atom is -0.466 e. The molecule has 3 N–H and O–H groups in total. The first-order valence-electron chi connectivity index (χ1n) is 31.6. The van der Waals surface area contributed by atoms with Gasteiger partial charge in [0.1, 0.15) is 0 Å². The maximum atomic E-state index is 12.5. The van der Waals surface area contributed by atoms with E-state index in [-0.39, 0.29) is 18.5 Å². The molecule has 0 aromatic carbocycles. The summed E-state index contributed by atoms with van der Waals surface area (Å²) in [5, 5.41) is 23.3. The second-order valence-electron chi connectivity index (χ2n) is 21.7. The molecular formula is C64H123NO5. The molecule has 0 bridgehead atoms. The number of allylic oxidation sites excluding steroid dienone is 4. The molecule has 0 saturated carbocycles. The lowest BCUT2D eigenvalue weighted by molar-refractivity contribution is -0.143. The molecule has 2 atom stereocenters. The summed E-state index contributed by atoms with van der Waals surface area (Å²) >= 11 is 0. The molecule has 414 valence electrons. The molecule has 0 rings (SSSR count). The van der Waals surface area contributed by atoms with Gasteiger partial charge < -0.3 is 20.3 Å². The number of aliphatic hydroxyl groups excluding tert-OH is 2. The van der Waals surface area contributed by atoms with Crippen LogP contribution in [0.4, 0.5) is 0 Å². The number of carbonyl (C=O) groups is 2. The third-order valence-electron chi connectivity index (χ3n) is 14.7. The zero-order valence-corrected chi connectivity index (χ0v) is 47.3. The first kappa shape index (κ1) is 68.3. The van der Waals surface area contributed by atoms with Gasteiger partial charge in [0.15, 0.2) is 0 Å². The highest BCUT2D eigenvalue weighted by molar-refractivity contribution is 5.76. The van der Waals surface area contributed by atoms with Gasteiger partial charge in [-0.05, 0) is 77.0 Å². The number of amides is 1. The fourth-order valence-corrected chi connectivity index (χ4v) is 9.87. The highest BCUT2D eigenvalue weighted by Gasteiger charge is 2.20. The number of rotatable bonds is 59. The van der Waals surface area contributed by atoms with Crippen LogP contribution in [0.1, 0.15) is 348 Å². The average molecular weight is 987 g/mol. The van der Waals surface area contributed by atoms with E-state index in [4.69, 9.17) is 4.74 Å². The van der Waals surface area contributed by atoms with Crippen LogP contribution >= 0.6 is 0 Å². The lowest BCUT2D eigenvalue weighted by atomic mass is 10.0. The SMILES string of the molecule is CCCCCCCC/C=C\CCCCCCCC(=O)OCCCCCCCCCC/C=C\CCCCCCCCCC(=O)NC(CO)C(O)CCCCCCCCCCCCCCCCCCCCC. The van der Waals surface area contributed by atoms with E-state index < -0.39 is 12.1 Å². The summed E-state index contributed by atoms with van der Waals surface area (Å²) in [6, 6.07) is -0.549. The molecular weight excluding hydrogens is 863 g/mol. The van der Waals surface area contributed by atoms with Crippen LogP contribution in [0, 0.1) is 0 Å². The van der Waals surface area contributed by atoms with Crippen LogP contribution in [0.25, 0.3) is 0 Å². The van der Waals surface area contributed by atoms with Gasteiger partial charge >= 0.3 is 5.97 Å². The predicted molar refractivity (Wildman–Crippen MR) is 306 cm³/mol. The van der Waals surface area contributed by atoms with Crippen LogP contribution in [0.5, 0.6) is 0 Å². The predicted octanol–water partition coefficient (Wildman–Crippen LogP) is 19.8. The minimum atomic E-state index is -0.671. The summed E-state index contributed by atoms with van der Waals surface area (Å²) in [6.07, 6.45) is 73.3. The molecule has 0 spiro atoms. The molecule has 0 aliphatic rings. The molecule has 1 amide bonds. The van der Waals surface area contributed by atoms with Gasteiger partial charge in [-0.3, -0.25) is 9.59 Å². The van der Waals surface area contributed by atoms with Gasteiger partial charge in [-0.1, -0.05) is 282 Å². The minimum absolute atomic E-state index is 0.00335. The van der Waals surface area contributed by atoms with Crippen molar-refractivity contribution < 1.29 is 24.5 Å². The van der Waals surface area contributed by atoms with Crippen LogP contribution in [0.2, 0.25) is 0 Å². The van der Waals surface area contributed by atoms with Crippen molar-refractivity contribution in [3.05, 3.63) is 24.3 Å². The molecule has 0 fully saturated rings. The van der Waals surface area contributed by atoms with Crippen LogP contribution in [-0.2, 0) is 14.3 Å². The van der Waals surface area contributed by atoms with Gasteiger partial charge in [0.05, 0.1) is 25.4 Å². The molecule has 0 aromatic heterocycles. The quantitative estimate of drug-likeness (QED) is 0.0321. The van der Waals surface area contributed by atoms with Gasteiger partial charge in [0.25, 0.3) is 0 Å². The highest BCUT2D eigenvalue weighted by Crippen LogP contribution is 2.18. The smallest absolute Gasteiger partial charge is 0.305 e. The van der Waals surface area contributed by atoms with Gasteiger partial charge in [0, 0.05) is 12.8 Å². The Morgan fingerprint density at radius 1 is 0.386 bits per heavy atom. The molecule has 0 radical (unpaired) electrons.